The fourth-order valence-electron chi connectivity index (χ4n) is 2.49. The van der Waals surface area contributed by atoms with Crippen LogP contribution in [0.15, 0.2) is 66.9 Å². The molecule has 5 nitrogen and oxygen atoms in total. The van der Waals surface area contributed by atoms with Gasteiger partial charge in [-0.15, -0.1) is 0 Å². The van der Waals surface area contributed by atoms with Crippen molar-refractivity contribution in [2.75, 3.05) is 17.2 Å². The molecule has 0 unspecified atom stereocenters. The van der Waals surface area contributed by atoms with Gasteiger partial charge < -0.3 is 10.6 Å². The quantitative estimate of drug-likeness (QED) is 0.663. The van der Waals surface area contributed by atoms with Gasteiger partial charge in [-0.3, -0.25) is 4.79 Å². The molecule has 0 spiro atoms. The molecular weight excluding hydrogens is 360 g/mol. The van der Waals surface area contributed by atoms with Gasteiger partial charge in [0.15, 0.2) is 0 Å². The highest BCUT2D eigenvalue weighted by Crippen LogP contribution is 2.13. The minimum absolute atomic E-state index is 0.252. The second-order valence-corrected chi connectivity index (χ2v) is 6.32. The molecule has 0 fully saturated rings. The lowest BCUT2D eigenvalue weighted by Crippen LogP contribution is -2.13. The van der Waals surface area contributed by atoms with Gasteiger partial charge in [0.25, 0.3) is 5.91 Å². The van der Waals surface area contributed by atoms with Crippen LogP contribution < -0.4 is 10.6 Å². The van der Waals surface area contributed by atoms with Gasteiger partial charge in [0.1, 0.15) is 5.82 Å². The van der Waals surface area contributed by atoms with Crippen LogP contribution in [-0.2, 0) is 6.42 Å². The van der Waals surface area contributed by atoms with Crippen molar-refractivity contribution < 1.29 is 4.79 Å². The third-order valence-corrected chi connectivity index (χ3v) is 4.14. The SMILES string of the molecule is N#Cc1ccc(NC(=O)c2ccc(NCCc3cccc(Cl)c3)nc2)cc1. The predicted octanol–water partition coefficient (Wildman–Crippen LogP) is 4.51. The first-order valence-electron chi connectivity index (χ1n) is 8.40. The Morgan fingerprint density at radius 2 is 1.93 bits per heavy atom. The summed E-state index contributed by atoms with van der Waals surface area (Å²) in [6.07, 6.45) is 2.35. The lowest BCUT2D eigenvalue weighted by Gasteiger charge is -2.08. The molecule has 2 aromatic carbocycles. The van der Waals surface area contributed by atoms with Gasteiger partial charge >= 0.3 is 0 Å². The average molecular weight is 377 g/mol. The zero-order valence-corrected chi connectivity index (χ0v) is 15.2. The highest BCUT2D eigenvalue weighted by atomic mass is 35.5. The molecule has 0 saturated heterocycles. The van der Waals surface area contributed by atoms with E-state index in [1.54, 1.807) is 36.4 Å². The largest absolute Gasteiger partial charge is 0.370 e. The fraction of sp³-hybridized carbons (Fsp3) is 0.0952. The van der Waals surface area contributed by atoms with E-state index in [-0.39, 0.29) is 5.91 Å². The smallest absolute Gasteiger partial charge is 0.257 e. The van der Waals surface area contributed by atoms with Gasteiger partial charge in [0.2, 0.25) is 0 Å². The van der Waals surface area contributed by atoms with E-state index >= 15 is 0 Å². The average Bonchev–Trinajstić information content (AvgIpc) is 2.69. The first-order chi connectivity index (χ1) is 13.1. The summed E-state index contributed by atoms with van der Waals surface area (Å²) in [6.45, 7) is 0.712. The van der Waals surface area contributed by atoms with Crippen molar-refractivity contribution in [3.05, 3.63) is 88.6 Å². The Morgan fingerprint density at radius 3 is 2.59 bits per heavy atom. The number of anilines is 2. The number of rotatable bonds is 6. The summed E-state index contributed by atoms with van der Waals surface area (Å²) in [6, 6.07) is 20.0. The molecule has 0 aliphatic heterocycles. The van der Waals surface area contributed by atoms with Crippen LogP contribution in [0, 0.1) is 11.3 Å². The van der Waals surface area contributed by atoms with Crippen molar-refractivity contribution >= 4 is 29.0 Å². The normalized spacial score (nSPS) is 10.1. The van der Waals surface area contributed by atoms with Crippen LogP contribution >= 0.6 is 11.6 Å². The number of hydrogen-bond donors (Lipinski definition) is 2. The lowest BCUT2D eigenvalue weighted by atomic mass is 10.1. The summed E-state index contributed by atoms with van der Waals surface area (Å²) < 4.78 is 0. The second kappa shape index (κ2) is 8.84. The molecule has 134 valence electrons. The van der Waals surface area contributed by atoms with Crippen molar-refractivity contribution in [1.29, 1.82) is 5.26 Å². The Labute approximate surface area is 162 Å². The van der Waals surface area contributed by atoms with Crippen molar-refractivity contribution in [2.24, 2.45) is 0 Å². The third kappa shape index (κ3) is 5.30. The maximum atomic E-state index is 12.3. The van der Waals surface area contributed by atoms with Gasteiger partial charge in [0.05, 0.1) is 17.2 Å². The number of hydrogen-bond acceptors (Lipinski definition) is 4. The summed E-state index contributed by atoms with van der Waals surface area (Å²) in [4.78, 5) is 16.5. The lowest BCUT2D eigenvalue weighted by molar-refractivity contribution is 0.102. The van der Waals surface area contributed by atoms with Gasteiger partial charge in [-0.05, 0) is 60.5 Å². The number of carbonyl (C=O) groups is 1. The van der Waals surface area contributed by atoms with Crippen LogP contribution in [-0.4, -0.2) is 17.4 Å². The highest BCUT2D eigenvalue weighted by Gasteiger charge is 2.07. The van der Waals surface area contributed by atoms with E-state index in [1.807, 2.05) is 30.3 Å². The maximum Gasteiger partial charge on any atom is 0.257 e. The molecule has 6 heteroatoms. The van der Waals surface area contributed by atoms with Crippen LogP contribution in [0.4, 0.5) is 11.5 Å². The Balaban J connectivity index is 1.53. The highest BCUT2D eigenvalue weighted by molar-refractivity contribution is 6.30. The van der Waals surface area contributed by atoms with Crippen LogP contribution in [0.25, 0.3) is 0 Å². The van der Waals surface area contributed by atoms with Crippen LogP contribution in [0.1, 0.15) is 21.5 Å². The van der Waals surface area contributed by atoms with Crippen molar-refractivity contribution in [3.63, 3.8) is 0 Å². The van der Waals surface area contributed by atoms with Crippen molar-refractivity contribution in [1.82, 2.24) is 4.98 Å². The first kappa shape index (κ1) is 18.4. The molecule has 2 N–H and O–H groups in total. The number of aromatic nitrogens is 1. The van der Waals surface area contributed by atoms with E-state index in [0.29, 0.717) is 29.2 Å². The summed E-state index contributed by atoms with van der Waals surface area (Å²) in [5.41, 5.74) is 2.78. The summed E-state index contributed by atoms with van der Waals surface area (Å²) >= 11 is 5.98. The molecule has 3 rings (SSSR count). The van der Waals surface area contributed by atoms with E-state index in [9.17, 15) is 4.79 Å². The molecule has 1 amide bonds. The number of nitrogens with one attached hydrogen (secondary N) is 2. The van der Waals surface area contributed by atoms with E-state index in [1.165, 1.54) is 6.20 Å². The monoisotopic (exact) mass is 376 g/mol. The number of carbonyl (C=O) groups excluding carboxylic acids is 1. The second-order valence-electron chi connectivity index (χ2n) is 5.88. The summed E-state index contributed by atoms with van der Waals surface area (Å²) in [5, 5.41) is 15.5. The standard InChI is InChI=1S/C21H17ClN4O/c22-18-3-1-2-15(12-18)10-11-24-20-9-6-17(14-25-20)21(27)26-19-7-4-16(13-23)5-8-19/h1-9,12,14H,10-11H2,(H,24,25)(H,26,27). The number of amides is 1. The Hall–Kier alpha value is -3.36. The molecule has 0 atom stereocenters. The van der Waals surface area contributed by atoms with Gasteiger partial charge in [-0.2, -0.15) is 5.26 Å². The van der Waals surface area contributed by atoms with E-state index in [0.717, 1.165) is 17.0 Å². The molecule has 3 aromatic rings. The number of benzene rings is 2. The minimum Gasteiger partial charge on any atom is -0.370 e. The maximum absolute atomic E-state index is 12.3. The third-order valence-electron chi connectivity index (χ3n) is 3.91. The number of nitrogens with zero attached hydrogens (tertiary/aromatic N) is 2. The van der Waals surface area contributed by atoms with Crippen LogP contribution in [0.2, 0.25) is 5.02 Å². The van der Waals surface area contributed by atoms with Crippen LogP contribution in [0.5, 0.6) is 0 Å². The van der Waals surface area contributed by atoms with E-state index < -0.39 is 0 Å². The van der Waals surface area contributed by atoms with E-state index in [2.05, 4.69) is 15.6 Å². The summed E-state index contributed by atoms with van der Waals surface area (Å²) in [7, 11) is 0. The molecule has 0 aliphatic carbocycles. The zero-order chi connectivity index (χ0) is 19.1. The predicted molar refractivity (Wildman–Crippen MR) is 107 cm³/mol. The van der Waals surface area contributed by atoms with Crippen molar-refractivity contribution in [2.45, 2.75) is 6.42 Å². The Morgan fingerprint density at radius 1 is 1.11 bits per heavy atom. The molecular formula is C21H17ClN4O. The molecule has 1 aromatic heterocycles. The summed E-state index contributed by atoms with van der Waals surface area (Å²) in [5.74, 6) is 0.449. The number of nitriles is 1. The molecule has 27 heavy (non-hydrogen) atoms. The van der Waals surface area contributed by atoms with Crippen LogP contribution in [0.3, 0.4) is 0 Å². The molecule has 0 aliphatic rings. The van der Waals surface area contributed by atoms with Gasteiger partial charge in [-0.25, -0.2) is 4.98 Å². The fourth-order valence-corrected chi connectivity index (χ4v) is 2.70. The topological polar surface area (TPSA) is 77.8 Å². The van der Waals surface area contributed by atoms with Gasteiger partial charge in [0, 0.05) is 23.5 Å². The van der Waals surface area contributed by atoms with Gasteiger partial charge in [-0.1, -0.05) is 23.7 Å². The first-order valence-corrected chi connectivity index (χ1v) is 8.78. The number of halogens is 1. The molecule has 0 bridgehead atoms. The zero-order valence-electron chi connectivity index (χ0n) is 14.4. The van der Waals surface area contributed by atoms with Crippen molar-refractivity contribution in [3.8, 4) is 6.07 Å². The Kier molecular flexibility index (Phi) is 6.03. The molecule has 0 radical (unpaired) electrons. The molecule has 0 saturated carbocycles. The molecule has 1 heterocycles. The van der Waals surface area contributed by atoms with E-state index in [4.69, 9.17) is 16.9 Å². The minimum atomic E-state index is -0.252. The Bertz CT molecular complexity index is 963. The number of pyridine rings is 1.